The number of hydrogen-bond acceptors (Lipinski definition) is 3. The molecule has 0 aliphatic heterocycles. The van der Waals surface area contributed by atoms with Crippen molar-refractivity contribution in [3.8, 4) is 16.9 Å². The zero-order valence-electron chi connectivity index (χ0n) is 10.6. The van der Waals surface area contributed by atoms with E-state index >= 15 is 0 Å². The lowest BCUT2D eigenvalue weighted by Gasteiger charge is -2.05. The summed E-state index contributed by atoms with van der Waals surface area (Å²) in [7, 11) is 0. The Kier molecular flexibility index (Phi) is 4.29. The van der Waals surface area contributed by atoms with E-state index in [0.717, 1.165) is 16.7 Å². The van der Waals surface area contributed by atoms with Gasteiger partial charge in [0.1, 0.15) is 5.75 Å². The smallest absolute Gasteiger partial charge is 0.123 e. The van der Waals surface area contributed by atoms with Gasteiger partial charge in [-0.2, -0.15) is 15.4 Å². The summed E-state index contributed by atoms with van der Waals surface area (Å²) in [6, 6.07) is 15.5. The number of benzene rings is 2. The first kappa shape index (κ1) is 12.8. The van der Waals surface area contributed by atoms with Gasteiger partial charge in [-0.1, -0.05) is 42.0 Å². The van der Waals surface area contributed by atoms with Crippen LogP contribution in [-0.4, -0.2) is 20.5 Å². The van der Waals surface area contributed by atoms with Gasteiger partial charge in [0, 0.05) is 5.56 Å². The number of phenolic OH excluding ortho intramolecular Hbond substituents is 1. The largest absolute Gasteiger partial charge is 0.507 e. The van der Waals surface area contributed by atoms with Gasteiger partial charge in [-0.25, -0.2) is 0 Å². The van der Waals surface area contributed by atoms with Crippen molar-refractivity contribution >= 4 is 0 Å². The van der Waals surface area contributed by atoms with Gasteiger partial charge in [-0.05, 0) is 24.6 Å². The molecule has 0 atom stereocenters. The molecule has 3 aromatic rings. The SMILES string of the molecule is Cc1ccc(O)c(-c2ccccc2)c1.c1cn[nH]n1. The summed E-state index contributed by atoms with van der Waals surface area (Å²) in [5, 5.41) is 19.0. The molecular weight excluding hydrogens is 238 g/mol. The molecule has 0 radical (unpaired) electrons. The second kappa shape index (κ2) is 6.35. The van der Waals surface area contributed by atoms with Crippen LogP contribution < -0.4 is 0 Å². The predicted octanol–water partition coefficient (Wildman–Crippen LogP) is 3.17. The van der Waals surface area contributed by atoms with E-state index in [1.54, 1.807) is 18.5 Å². The second-order valence-electron chi connectivity index (χ2n) is 4.04. The normalized spacial score (nSPS) is 9.53. The van der Waals surface area contributed by atoms with Crippen LogP contribution in [-0.2, 0) is 0 Å². The summed E-state index contributed by atoms with van der Waals surface area (Å²) < 4.78 is 0. The van der Waals surface area contributed by atoms with Crippen molar-refractivity contribution in [2.24, 2.45) is 0 Å². The highest BCUT2D eigenvalue weighted by molar-refractivity contribution is 5.70. The molecule has 3 rings (SSSR count). The molecule has 0 amide bonds. The summed E-state index contributed by atoms with van der Waals surface area (Å²) >= 11 is 0. The van der Waals surface area contributed by atoms with Crippen LogP contribution in [0.4, 0.5) is 0 Å². The molecule has 0 spiro atoms. The summed E-state index contributed by atoms with van der Waals surface area (Å²) in [6.07, 6.45) is 3.17. The molecule has 0 unspecified atom stereocenters. The molecule has 1 aromatic heterocycles. The number of nitrogens with one attached hydrogen (secondary N) is 1. The minimum atomic E-state index is 0.335. The highest BCUT2D eigenvalue weighted by atomic mass is 16.3. The molecule has 0 aliphatic rings. The van der Waals surface area contributed by atoms with E-state index in [-0.39, 0.29) is 0 Å². The Morgan fingerprint density at radius 1 is 0.947 bits per heavy atom. The third-order valence-electron chi connectivity index (χ3n) is 2.57. The Balaban J connectivity index is 0.000000224. The topological polar surface area (TPSA) is 61.8 Å². The predicted molar refractivity (Wildman–Crippen MR) is 74.7 cm³/mol. The first-order chi connectivity index (χ1) is 9.27. The van der Waals surface area contributed by atoms with Crippen LogP contribution in [0.2, 0.25) is 0 Å². The van der Waals surface area contributed by atoms with Crippen LogP contribution in [0.5, 0.6) is 5.75 Å². The van der Waals surface area contributed by atoms with Gasteiger partial charge < -0.3 is 5.11 Å². The van der Waals surface area contributed by atoms with E-state index < -0.39 is 0 Å². The summed E-state index contributed by atoms with van der Waals surface area (Å²) in [5.41, 5.74) is 3.10. The zero-order valence-corrected chi connectivity index (χ0v) is 10.6. The highest BCUT2D eigenvalue weighted by Crippen LogP contribution is 2.29. The number of aryl methyl sites for hydroxylation is 1. The Bertz CT molecular complexity index is 589. The number of phenols is 1. The number of hydrogen-bond donors (Lipinski definition) is 2. The van der Waals surface area contributed by atoms with E-state index in [4.69, 9.17) is 0 Å². The number of rotatable bonds is 1. The number of aromatic amines is 1. The number of aromatic nitrogens is 3. The molecule has 4 heteroatoms. The molecular formula is C15H15N3O. The average molecular weight is 253 g/mol. The van der Waals surface area contributed by atoms with E-state index in [1.165, 1.54) is 0 Å². The average Bonchev–Trinajstić information content (AvgIpc) is 3.02. The maximum atomic E-state index is 9.69. The van der Waals surface area contributed by atoms with E-state index in [0.29, 0.717) is 5.75 Å². The molecule has 1 heterocycles. The standard InChI is InChI=1S/C13H12O.C2H3N3/c1-10-7-8-13(14)12(9-10)11-5-3-2-4-6-11;1-2-4-5-3-1/h2-9,14H,1H3;1-2H,(H,3,4,5). The number of nitrogens with zero attached hydrogens (tertiary/aromatic N) is 2. The van der Waals surface area contributed by atoms with Crippen molar-refractivity contribution in [2.75, 3.05) is 0 Å². The zero-order chi connectivity index (χ0) is 13.5. The summed E-state index contributed by atoms with van der Waals surface area (Å²) in [5.74, 6) is 0.335. The van der Waals surface area contributed by atoms with Crippen molar-refractivity contribution in [1.29, 1.82) is 0 Å². The quantitative estimate of drug-likeness (QED) is 0.700. The molecule has 96 valence electrons. The lowest BCUT2D eigenvalue weighted by molar-refractivity contribution is 0.477. The Hall–Kier alpha value is -2.62. The highest BCUT2D eigenvalue weighted by Gasteiger charge is 2.02. The van der Waals surface area contributed by atoms with Crippen molar-refractivity contribution < 1.29 is 5.11 Å². The van der Waals surface area contributed by atoms with Crippen LogP contribution in [0.3, 0.4) is 0 Å². The maximum Gasteiger partial charge on any atom is 0.123 e. The lowest BCUT2D eigenvalue weighted by Crippen LogP contribution is -1.80. The second-order valence-corrected chi connectivity index (χ2v) is 4.04. The fourth-order valence-corrected chi connectivity index (χ4v) is 1.67. The molecule has 0 saturated carbocycles. The Labute approximate surface area is 111 Å². The summed E-state index contributed by atoms with van der Waals surface area (Å²) in [6.45, 7) is 2.02. The molecule has 19 heavy (non-hydrogen) atoms. The van der Waals surface area contributed by atoms with Crippen molar-refractivity contribution in [3.63, 3.8) is 0 Å². The fourth-order valence-electron chi connectivity index (χ4n) is 1.67. The van der Waals surface area contributed by atoms with Crippen molar-refractivity contribution in [1.82, 2.24) is 15.4 Å². The van der Waals surface area contributed by atoms with Gasteiger partial charge in [0.25, 0.3) is 0 Å². The van der Waals surface area contributed by atoms with E-state index in [2.05, 4.69) is 15.4 Å². The van der Waals surface area contributed by atoms with Gasteiger partial charge in [0.05, 0.1) is 12.4 Å². The van der Waals surface area contributed by atoms with Crippen LogP contribution in [0, 0.1) is 6.92 Å². The van der Waals surface area contributed by atoms with Crippen LogP contribution in [0.1, 0.15) is 5.56 Å². The molecule has 2 aromatic carbocycles. The molecule has 0 saturated heterocycles. The van der Waals surface area contributed by atoms with Crippen molar-refractivity contribution in [3.05, 3.63) is 66.5 Å². The Morgan fingerprint density at radius 2 is 1.63 bits per heavy atom. The molecule has 0 bridgehead atoms. The maximum absolute atomic E-state index is 9.69. The number of H-pyrrole nitrogens is 1. The third kappa shape index (κ3) is 3.67. The first-order valence-electron chi connectivity index (χ1n) is 5.92. The monoisotopic (exact) mass is 253 g/mol. The van der Waals surface area contributed by atoms with E-state index in [9.17, 15) is 5.11 Å². The molecule has 0 fully saturated rings. The summed E-state index contributed by atoms with van der Waals surface area (Å²) in [4.78, 5) is 0. The van der Waals surface area contributed by atoms with Gasteiger partial charge in [-0.3, -0.25) is 0 Å². The third-order valence-corrected chi connectivity index (χ3v) is 2.57. The van der Waals surface area contributed by atoms with Crippen LogP contribution in [0.25, 0.3) is 11.1 Å². The fraction of sp³-hybridized carbons (Fsp3) is 0.0667. The van der Waals surface area contributed by atoms with E-state index in [1.807, 2.05) is 49.4 Å². The lowest BCUT2D eigenvalue weighted by atomic mass is 10.0. The molecule has 4 nitrogen and oxygen atoms in total. The van der Waals surface area contributed by atoms with Gasteiger partial charge in [-0.15, -0.1) is 0 Å². The minimum Gasteiger partial charge on any atom is -0.507 e. The van der Waals surface area contributed by atoms with Crippen LogP contribution >= 0.6 is 0 Å². The van der Waals surface area contributed by atoms with Gasteiger partial charge >= 0.3 is 0 Å². The van der Waals surface area contributed by atoms with Crippen LogP contribution in [0.15, 0.2) is 60.9 Å². The Morgan fingerprint density at radius 3 is 2.21 bits per heavy atom. The first-order valence-corrected chi connectivity index (χ1v) is 5.92. The van der Waals surface area contributed by atoms with Gasteiger partial charge in [0.15, 0.2) is 0 Å². The minimum absolute atomic E-state index is 0.335. The molecule has 2 N–H and O–H groups in total. The molecule has 0 aliphatic carbocycles. The van der Waals surface area contributed by atoms with Crippen molar-refractivity contribution in [2.45, 2.75) is 6.92 Å². The number of aromatic hydroxyl groups is 1. The van der Waals surface area contributed by atoms with Gasteiger partial charge in [0.2, 0.25) is 0 Å².